The molecule has 1 aromatic heterocycles. The first-order valence-electron chi connectivity index (χ1n) is 6.41. The van der Waals surface area contributed by atoms with E-state index in [9.17, 15) is 4.79 Å². The van der Waals surface area contributed by atoms with Gasteiger partial charge in [-0.25, -0.2) is 0 Å². The van der Waals surface area contributed by atoms with Crippen molar-refractivity contribution >= 4 is 23.2 Å². The van der Waals surface area contributed by atoms with Crippen LogP contribution in [-0.2, 0) is 6.42 Å². The molecule has 4 heteroatoms. The minimum absolute atomic E-state index is 0.124. The third kappa shape index (κ3) is 2.38. The van der Waals surface area contributed by atoms with Gasteiger partial charge in [-0.15, -0.1) is 0 Å². The Morgan fingerprint density at radius 3 is 2.79 bits per heavy atom. The maximum Gasteiger partial charge on any atom is 0.294 e. The molecule has 0 radical (unpaired) electrons. The number of hydrogen-bond acceptors (Lipinski definition) is 2. The lowest BCUT2D eigenvalue weighted by atomic mass is 10.1. The molecule has 1 amide bonds. The van der Waals surface area contributed by atoms with E-state index < -0.39 is 0 Å². The first-order valence-corrected chi connectivity index (χ1v) is 6.78. The monoisotopic (exact) mass is 275 g/mol. The fourth-order valence-electron chi connectivity index (χ4n) is 2.46. The molecular weight excluding hydrogens is 262 g/mol. The van der Waals surface area contributed by atoms with Gasteiger partial charge in [0.25, 0.3) is 5.91 Å². The average Bonchev–Trinajstić information content (AvgIpc) is 2.74. The summed E-state index contributed by atoms with van der Waals surface area (Å²) in [4.78, 5) is 14.3. The highest BCUT2D eigenvalue weighted by Crippen LogP contribution is 2.28. The van der Waals surface area contributed by atoms with Crippen LogP contribution in [0.15, 0.2) is 40.8 Å². The number of anilines is 1. The maximum atomic E-state index is 12.5. The normalized spacial score (nSPS) is 14.9. The number of furan rings is 1. The highest BCUT2D eigenvalue weighted by molar-refractivity contribution is 6.29. The van der Waals surface area contributed by atoms with Crippen LogP contribution in [0.1, 0.15) is 29.0 Å². The molecule has 2 aromatic rings. The van der Waals surface area contributed by atoms with E-state index >= 15 is 0 Å². The Labute approximate surface area is 116 Å². The van der Waals surface area contributed by atoms with Gasteiger partial charge in [-0.1, -0.05) is 18.2 Å². The Morgan fingerprint density at radius 1 is 1.16 bits per heavy atom. The SMILES string of the molecule is O=C(c1ccc(Cl)o1)N1CCCCc2ccccc21. The zero-order chi connectivity index (χ0) is 13.2. The van der Waals surface area contributed by atoms with Gasteiger partial charge >= 0.3 is 0 Å². The van der Waals surface area contributed by atoms with E-state index in [-0.39, 0.29) is 11.1 Å². The number of halogens is 1. The van der Waals surface area contributed by atoms with Gasteiger partial charge in [0.1, 0.15) is 0 Å². The maximum absolute atomic E-state index is 12.5. The molecule has 0 spiro atoms. The zero-order valence-corrected chi connectivity index (χ0v) is 11.2. The van der Waals surface area contributed by atoms with Crippen molar-refractivity contribution in [3.63, 3.8) is 0 Å². The summed E-state index contributed by atoms with van der Waals surface area (Å²) in [6.45, 7) is 0.716. The van der Waals surface area contributed by atoms with Gasteiger partial charge in [0.15, 0.2) is 11.0 Å². The molecule has 0 fully saturated rings. The number of aryl methyl sites for hydroxylation is 1. The fourth-order valence-corrected chi connectivity index (χ4v) is 2.61. The lowest BCUT2D eigenvalue weighted by Gasteiger charge is -2.21. The second kappa shape index (κ2) is 5.10. The number of amides is 1. The molecule has 3 nitrogen and oxygen atoms in total. The van der Waals surface area contributed by atoms with Crippen molar-refractivity contribution in [3.8, 4) is 0 Å². The molecule has 0 aliphatic carbocycles. The van der Waals surface area contributed by atoms with Crippen LogP contribution < -0.4 is 4.90 Å². The van der Waals surface area contributed by atoms with Crippen LogP contribution in [0.4, 0.5) is 5.69 Å². The van der Waals surface area contributed by atoms with Crippen molar-refractivity contribution in [2.75, 3.05) is 11.4 Å². The quantitative estimate of drug-likeness (QED) is 0.790. The summed E-state index contributed by atoms with van der Waals surface area (Å²) in [5, 5.41) is 0.242. The smallest absolute Gasteiger partial charge is 0.294 e. The van der Waals surface area contributed by atoms with E-state index in [1.807, 2.05) is 18.2 Å². The van der Waals surface area contributed by atoms with Gasteiger partial charge < -0.3 is 9.32 Å². The average molecular weight is 276 g/mol. The molecule has 1 aliphatic rings. The van der Waals surface area contributed by atoms with Crippen LogP contribution in [0.5, 0.6) is 0 Å². The molecular formula is C15H14ClNO2. The molecule has 0 atom stereocenters. The summed E-state index contributed by atoms with van der Waals surface area (Å²) in [7, 11) is 0. The molecule has 19 heavy (non-hydrogen) atoms. The number of carbonyl (C=O) groups is 1. The Kier molecular flexibility index (Phi) is 3.30. The van der Waals surface area contributed by atoms with Crippen molar-refractivity contribution < 1.29 is 9.21 Å². The molecule has 98 valence electrons. The minimum atomic E-state index is -0.124. The Bertz CT molecular complexity index is 606. The summed E-state index contributed by atoms with van der Waals surface area (Å²) in [5.74, 6) is 0.169. The molecule has 0 N–H and O–H groups in total. The van der Waals surface area contributed by atoms with E-state index in [1.54, 1.807) is 17.0 Å². The predicted molar refractivity (Wildman–Crippen MR) is 74.8 cm³/mol. The third-order valence-corrected chi connectivity index (χ3v) is 3.59. The van der Waals surface area contributed by atoms with E-state index in [2.05, 4.69) is 6.07 Å². The topological polar surface area (TPSA) is 33.5 Å². The van der Waals surface area contributed by atoms with Gasteiger partial charge in [-0.2, -0.15) is 0 Å². The van der Waals surface area contributed by atoms with Gasteiger partial charge in [0, 0.05) is 12.2 Å². The van der Waals surface area contributed by atoms with Crippen molar-refractivity contribution in [2.45, 2.75) is 19.3 Å². The Balaban J connectivity index is 1.98. The lowest BCUT2D eigenvalue weighted by molar-refractivity contribution is 0.0960. The zero-order valence-electron chi connectivity index (χ0n) is 10.4. The lowest BCUT2D eigenvalue weighted by Crippen LogP contribution is -2.31. The van der Waals surface area contributed by atoms with Crippen LogP contribution >= 0.6 is 11.6 Å². The third-order valence-electron chi connectivity index (χ3n) is 3.39. The first-order chi connectivity index (χ1) is 9.25. The van der Waals surface area contributed by atoms with Gasteiger partial charge in [-0.05, 0) is 54.6 Å². The van der Waals surface area contributed by atoms with Crippen molar-refractivity contribution in [3.05, 3.63) is 52.9 Å². The summed E-state index contributed by atoms with van der Waals surface area (Å²) in [6.07, 6.45) is 3.10. The molecule has 0 unspecified atom stereocenters. The van der Waals surface area contributed by atoms with Crippen molar-refractivity contribution in [1.82, 2.24) is 0 Å². The number of para-hydroxylation sites is 1. The Morgan fingerprint density at radius 2 is 2.00 bits per heavy atom. The van der Waals surface area contributed by atoms with Crippen molar-refractivity contribution in [2.24, 2.45) is 0 Å². The van der Waals surface area contributed by atoms with E-state index in [0.717, 1.165) is 24.9 Å². The van der Waals surface area contributed by atoms with E-state index in [1.165, 1.54) is 5.56 Å². The first kappa shape index (κ1) is 12.3. The van der Waals surface area contributed by atoms with Gasteiger partial charge in [-0.3, -0.25) is 4.79 Å². The van der Waals surface area contributed by atoms with Crippen LogP contribution in [0.25, 0.3) is 0 Å². The second-order valence-corrected chi connectivity index (χ2v) is 5.02. The number of fused-ring (bicyclic) bond motifs is 1. The standard InChI is InChI=1S/C15H14ClNO2/c16-14-9-8-13(19-14)15(18)17-10-4-3-6-11-5-1-2-7-12(11)17/h1-2,5,7-9H,3-4,6,10H2. The number of nitrogens with zero attached hydrogens (tertiary/aromatic N) is 1. The molecule has 0 saturated heterocycles. The highest BCUT2D eigenvalue weighted by atomic mass is 35.5. The second-order valence-electron chi connectivity index (χ2n) is 4.65. The molecule has 0 saturated carbocycles. The van der Waals surface area contributed by atoms with E-state index in [0.29, 0.717) is 12.3 Å². The molecule has 0 bridgehead atoms. The summed E-state index contributed by atoms with van der Waals surface area (Å²) >= 11 is 5.74. The van der Waals surface area contributed by atoms with Crippen LogP contribution in [0.2, 0.25) is 5.22 Å². The molecule has 2 heterocycles. The Hall–Kier alpha value is -1.74. The minimum Gasteiger partial charge on any atom is -0.440 e. The van der Waals surface area contributed by atoms with Crippen molar-refractivity contribution in [1.29, 1.82) is 0 Å². The number of carbonyl (C=O) groups excluding carboxylic acids is 1. The molecule has 1 aliphatic heterocycles. The van der Waals surface area contributed by atoms with Crippen LogP contribution in [0.3, 0.4) is 0 Å². The number of hydrogen-bond donors (Lipinski definition) is 0. The number of benzene rings is 1. The van der Waals surface area contributed by atoms with Gasteiger partial charge in [0.2, 0.25) is 0 Å². The number of rotatable bonds is 1. The largest absolute Gasteiger partial charge is 0.440 e. The molecule has 1 aromatic carbocycles. The van der Waals surface area contributed by atoms with Gasteiger partial charge in [0.05, 0.1) is 0 Å². The summed E-state index contributed by atoms with van der Waals surface area (Å²) in [5.41, 5.74) is 2.20. The fraction of sp³-hybridized carbons (Fsp3) is 0.267. The molecule has 3 rings (SSSR count). The summed E-state index contributed by atoms with van der Waals surface area (Å²) < 4.78 is 5.23. The van der Waals surface area contributed by atoms with Crippen LogP contribution in [-0.4, -0.2) is 12.5 Å². The summed E-state index contributed by atoms with van der Waals surface area (Å²) in [6, 6.07) is 11.3. The predicted octanol–water partition coefficient (Wildman–Crippen LogP) is 3.92. The highest BCUT2D eigenvalue weighted by Gasteiger charge is 2.24. The van der Waals surface area contributed by atoms with E-state index in [4.69, 9.17) is 16.0 Å². The van der Waals surface area contributed by atoms with Crippen LogP contribution in [0, 0.1) is 0 Å².